The number of nitrogens with zero attached hydrogens (tertiary/aromatic N) is 2. The topological polar surface area (TPSA) is 70.1 Å². The zero-order chi connectivity index (χ0) is 16.2. The molecule has 5 nitrogen and oxygen atoms in total. The third-order valence-electron chi connectivity index (χ3n) is 2.91. The minimum atomic E-state index is -0.357. The predicted octanol–water partition coefficient (Wildman–Crippen LogP) is 4.32. The normalized spacial score (nSPS) is 11.0. The number of rotatable bonds is 4. The van der Waals surface area contributed by atoms with Crippen LogP contribution in [-0.2, 0) is 0 Å². The maximum Gasteiger partial charge on any atom is 0.289 e. The molecule has 0 radical (unpaired) electrons. The second-order valence-electron chi connectivity index (χ2n) is 4.51. The standard InChI is InChI=1S/C15H10BrClN4OS/c16-14-6-5-11(23-14)8-18-21-15(22)13-7-12(19-20-13)9-1-3-10(17)4-2-9/h1-8H,(H,19,20)(H,21,22)/b18-8-. The van der Waals surface area contributed by atoms with Crippen LogP contribution in [0.3, 0.4) is 0 Å². The lowest BCUT2D eigenvalue weighted by Crippen LogP contribution is -2.17. The van der Waals surface area contributed by atoms with Crippen LogP contribution in [0.5, 0.6) is 0 Å². The van der Waals surface area contributed by atoms with E-state index in [1.54, 1.807) is 24.4 Å². The first-order chi connectivity index (χ1) is 11.1. The monoisotopic (exact) mass is 408 g/mol. The lowest BCUT2D eigenvalue weighted by molar-refractivity contribution is 0.0950. The SMILES string of the molecule is O=C(N/N=C\c1ccc(Br)s1)c1cc(-c2ccc(Cl)cc2)n[nH]1. The lowest BCUT2D eigenvalue weighted by Gasteiger charge is -1.95. The first kappa shape index (κ1) is 15.9. The third-order valence-corrected chi connectivity index (χ3v) is 4.72. The Bertz CT molecular complexity index is 857. The highest BCUT2D eigenvalue weighted by Crippen LogP contribution is 2.21. The smallest absolute Gasteiger partial charge is 0.272 e. The van der Waals surface area contributed by atoms with Gasteiger partial charge >= 0.3 is 0 Å². The number of H-pyrrole nitrogens is 1. The summed E-state index contributed by atoms with van der Waals surface area (Å²) in [5.41, 5.74) is 4.33. The van der Waals surface area contributed by atoms with Gasteiger partial charge in [-0.15, -0.1) is 11.3 Å². The summed E-state index contributed by atoms with van der Waals surface area (Å²) in [6.45, 7) is 0. The van der Waals surface area contributed by atoms with Gasteiger partial charge in [0.25, 0.3) is 5.91 Å². The van der Waals surface area contributed by atoms with Crippen molar-refractivity contribution in [2.45, 2.75) is 0 Å². The average molecular weight is 410 g/mol. The van der Waals surface area contributed by atoms with E-state index in [9.17, 15) is 4.79 Å². The molecule has 8 heteroatoms. The van der Waals surface area contributed by atoms with Crippen LogP contribution in [0.1, 0.15) is 15.4 Å². The molecule has 0 unspecified atom stereocenters. The molecule has 0 spiro atoms. The molecular formula is C15H10BrClN4OS. The van der Waals surface area contributed by atoms with Crippen molar-refractivity contribution in [1.82, 2.24) is 15.6 Å². The van der Waals surface area contributed by atoms with Gasteiger partial charge < -0.3 is 0 Å². The van der Waals surface area contributed by atoms with E-state index < -0.39 is 0 Å². The minimum absolute atomic E-state index is 0.333. The molecule has 1 aromatic carbocycles. The van der Waals surface area contributed by atoms with Gasteiger partial charge in [0.05, 0.1) is 15.7 Å². The number of carbonyl (C=O) groups excluding carboxylic acids is 1. The third kappa shape index (κ3) is 4.07. The Morgan fingerprint density at radius 1 is 1.30 bits per heavy atom. The van der Waals surface area contributed by atoms with Crippen molar-refractivity contribution in [3.05, 3.63) is 61.8 Å². The van der Waals surface area contributed by atoms with Crippen molar-refractivity contribution in [1.29, 1.82) is 0 Å². The molecule has 116 valence electrons. The van der Waals surface area contributed by atoms with Crippen molar-refractivity contribution in [2.75, 3.05) is 0 Å². The number of aromatic nitrogens is 2. The zero-order valence-corrected chi connectivity index (χ0v) is 14.7. The molecular weight excluding hydrogens is 400 g/mol. The number of carbonyl (C=O) groups is 1. The number of aromatic amines is 1. The van der Waals surface area contributed by atoms with Crippen LogP contribution in [0.25, 0.3) is 11.3 Å². The van der Waals surface area contributed by atoms with Gasteiger partial charge in [-0.2, -0.15) is 10.2 Å². The zero-order valence-electron chi connectivity index (χ0n) is 11.6. The van der Waals surface area contributed by atoms with Crippen molar-refractivity contribution in [3.8, 4) is 11.3 Å². The number of thiophene rings is 1. The number of hydrogen-bond acceptors (Lipinski definition) is 4. The average Bonchev–Trinajstić information content (AvgIpc) is 3.17. The Hall–Kier alpha value is -1.96. The fourth-order valence-corrected chi connectivity index (χ4v) is 3.24. The highest BCUT2D eigenvalue weighted by Gasteiger charge is 2.10. The Morgan fingerprint density at radius 2 is 2.09 bits per heavy atom. The van der Waals surface area contributed by atoms with Gasteiger partial charge in [0.2, 0.25) is 0 Å². The second kappa shape index (κ2) is 7.08. The Morgan fingerprint density at radius 3 is 2.78 bits per heavy atom. The molecule has 2 N–H and O–H groups in total. The minimum Gasteiger partial charge on any atom is -0.272 e. The van der Waals surface area contributed by atoms with Gasteiger partial charge in [-0.3, -0.25) is 9.89 Å². The maximum absolute atomic E-state index is 12.0. The molecule has 0 atom stereocenters. The van der Waals surface area contributed by atoms with E-state index in [0.29, 0.717) is 16.4 Å². The number of nitrogens with one attached hydrogen (secondary N) is 2. The van der Waals surface area contributed by atoms with Crippen LogP contribution < -0.4 is 5.43 Å². The molecule has 3 rings (SSSR count). The van der Waals surface area contributed by atoms with Gasteiger partial charge in [0.15, 0.2) is 0 Å². The fourth-order valence-electron chi connectivity index (χ4n) is 1.82. The molecule has 23 heavy (non-hydrogen) atoms. The molecule has 2 heterocycles. The fraction of sp³-hybridized carbons (Fsp3) is 0. The van der Waals surface area contributed by atoms with E-state index in [4.69, 9.17) is 11.6 Å². The Balaban J connectivity index is 1.66. The van der Waals surface area contributed by atoms with Crippen molar-refractivity contribution in [2.24, 2.45) is 5.10 Å². The van der Waals surface area contributed by atoms with E-state index in [-0.39, 0.29) is 5.91 Å². The van der Waals surface area contributed by atoms with E-state index in [2.05, 4.69) is 36.7 Å². The largest absolute Gasteiger partial charge is 0.289 e. The summed E-state index contributed by atoms with van der Waals surface area (Å²) in [5.74, 6) is -0.357. The summed E-state index contributed by atoms with van der Waals surface area (Å²) in [6, 6.07) is 12.7. The summed E-state index contributed by atoms with van der Waals surface area (Å²) in [5, 5.41) is 11.4. The molecule has 0 saturated carbocycles. The highest BCUT2D eigenvalue weighted by molar-refractivity contribution is 9.11. The molecule has 0 aliphatic rings. The van der Waals surface area contributed by atoms with Gasteiger partial charge in [-0.1, -0.05) is 23.7 Å². The summed E-state index contributed by atoms with van der Waals surface area (Å²) >= 11 is 10.7. The molecule has 0 aliphatic carbocycles. The van der Waals surface area contributed by atoms with E-state index in [1.807, 2.05) is 24.3 Å². The van der Waals surface area contributed by atoms with E-state index in [0.717, 1.165) is 14.2 Å². The molecule has 3 aromatic rings. The lowest BCUT2D eigenvalue weighted by atomic mass is 10.1. The number of hydrazone groups is 1. The number of hydrogen-bond donors (Lipinski definition) is 2. The quantitative estimate of drug-likeness (QED) is 0.498. The van der Waals surface area contributed by atoms with Crippen molar-refractivity contribution >= 4 is 51.0 Å². The van der Waals surface area contributed by atoms with Crippen LogP contribution in [0.15, 0.2) is 51.4 Å². The molecule has 0 aliphatic heterocycles. The van der Waals surface area contributed by atoms with Crippen LogP contribution >= 0.6 is 38.9 Å². The van der Waals surface area contributed by atoms with Crippen LogP contribution in [0, 0.1) is 0 Å². The summed E-state index contributed by atoms with van der Waals surface area (Å²) in [6.07, 6.45) is 1.59. The van der Waals surface area contributed by atoms with Crippen molar-refractivity contribution < 1.29 is 4.79 Å². The number of benzene rings is 1. The van der Waals surface area contributed by atoms with Gasteiger partial charge in [0.1, 0.15) is 5.69 Å². The van der Waals surface area contributed by atoms with Crippen LogP contribution in [-0.4, -0.2) is 22.3 Å². The first-order valence-electron chi connectivity index (χ1n) is 6.52. The second-order valence-corrected chi connectivity index (χ2v) is 7.45. The predicted molar refractivity (Wildman–Crippen MR) is 96.1 cm³/mol. The van der Waals surface area contributed by atoms with Gasteiger partial charge in [-0.25, -0.2) is 5.43 Å². The van der Waals surface area contributed by atoms with Gasteiger partial charge in [-0.05, 0) is 46.3 Å². The van der Waals surface area contributed by atoms with E-state index in [1.165, 1.54) is 11.3 Å². The summed E-state index contributed by atoms with van der Waals surface area (Å²) in [7, 11) is 0. The Kier molecular flexibility index (Phi) is 4.90. The van der Waals surface area contributed by atoms with E-state index >= 15 is 0 Å². The van der Waals surface area contributed by atoms with Gasteiger partial charge in [0, 0.05) is 15.5 Å². The van der Waals surface area contributed by atoms with Crippen LogP contribution in [0.2, 0.25) is 5.02 Å². The Labute approximate surface area is 149 Å². The number of halogens is 2. The molecule has 0 bridgehead atoms. The van der Waals surface area contributed by atoms with Crippen molar-refractivity contribution in [3.63, 3.8) is 0 Å². The highest BCUT2D eigenvalue weighted by atomic mass is 79.9. The summed E-state index contributed by atoms with van der Waals surface area (Å²) < 4.78 is 1.01. The summed E-state index contributed by atoms with van der Waals surface area (Å²) in [4.78, 5) is 12.9. The van der Waals surface area contributed by atoms with Crippen LogP contribution in [0.4, 0.5) is 0 Å². The molecule has 0 fully saturated rings. The molecule has 1 amide bonds. The maximum atomic E-state index is 12.0. The molecule has 2 aromatic heterocycles. The number of amides is 1. The molecule has 0 saturated heterocycles. The first-order valence-corrected chi connectivity index (χ1v) is 8.50.